The normalized spacial score (nSPS) is 11.8. The molecule has 444 valence electrons. The lowest BCUT2D eigenvalue weighted by atomic mass is 10.1. The molecule has 26 nitrogen and oxygen atoms in total. The van der Waals surface area contributed by atoms with Crippen LogP contribution in [0.15, 0.2) is 48.5 Å². The number of carbonyl (C=O) groups is 7. The van der Waals surface area contributed by atoms with Gasteiger partial charge in [0.1, 0.15) is 12.1 Å². The number of methoxy groups -OCH3 is 1. The molecule has 0 spiro atoms. The van der Waals surface area contributed by atoms with E-state index in [1.165, 1.54) is 30.8 Å². The number of esters is 2. The second-order valence-electron chi connectivity index (χ2n) is 18.0. The van der Waals surface area contributed by atoms with E-state index in [4.69, 9.17) is 43.6 Å². The highest BCUT2D eigenvalue weighted by molar-refractivity contribution is 5.96. The van der Waals surface area contributed by atoms with Gasteiger partial charge >= 0.3 is 17.9 Å². The van der Waals surface area contributed by atoms with E-state index in [1.54, 1.807) is 56.3 Å². The average Bonchev–Trinajstić information content (AvgIpc) is 3.94. The van der Waals surface area contributed by atoms with Gasteiger partial charge < -0.3 is 75.3 Å². The molecular weight excluding hydrogens is 1060 g/mol. The molecule has 0 bridgehead atoms. The monoisotopic (exact) mass is 1130 g/mol. The van der Waals surface area contributed by atoms with Crippen molar-refractivity contribution in [3.63, 3.8) is 0 Å². The Balaban J connectivity index is 0.974. The summed E-state index contributed by atoms with van der Waals surface area (Å²) >= 11 is 0. The van der Waals surface area contributed by atoms with Crippen LogP contribution in [0.1, 0.15) is 101 Å². The highest BCUT2D eigenvalue weighted by atomic mass is 16.5. The zero-order valence-electron chi connectivity index (χ0n) is 46.8. The highest BCUT2D eigenvalue weighted by Gasteiger charge is 2.26. The largest absolute Gasteiger partial charge is 0.493 e. The molecule has 0 fully saturated rings. The summed E-state index contributed by atoms with van der Waals surface area (Å²) in [5.74, 6) is -2.56. The number of amides is 5. The number of hydrogen-bond donors (Lipinski definition) is 7. The number of rotatable bonds is 40. The van der Waals surface area contributed by atoms with Gasteiger partial charge in [0.15, 0.2) is 28.5 Å². The fourth-order valence-electron chi connectivity index (χ4n) is 7.32. The molecule has 4 rings (SSSR count). The van der Waals surface area contributed by atoms with Crippen molar-refractivity contribution < 1.29 is 76.6 Å². The lowest BCUT2D eigenvalue weighted by Gasteiger charge is -2.20. The molecule has 8 N–H and O–H groups in total. The van der Waals surface area contributed by atoms with Gasteiger partial charge in [-0.2, -0.15) is 15.0 Å². The van der Waals surface area contributed by atoms with E-state index in [1.807, 2.05) is 6.92 Å². The maximum Gasteiger partial charge on any atom is 0.328 e. The van der Waals surface area contributed by atoms with Gasteiger partial charge in [-0.15, -0.1) is 0 Å². The van der Waals surface area contributed by atoms with Gasteiger partial charge in [-0.25, -0.2) is 4.79 Å². The molecule has 2 aromatic heterocycles. The highest BCUT2D eigenvalue weighted by Crippen LogP contribution is 2.29. The van der Waals surface area contributed by atoms with Crippen LogP contribution in [-0.2, 0) is 59.0 Å². The molecule has 0 aliphatic heterocycles. The third-order valence-corrected chi connectivity index (χ3v) is 11.6. The minimum atomic E-state index is -1.13. The molecule has 5 amide bonds. The van der Waals surface area contributed by atoms with Crippen LogP contribution in [0.2, 0.25) is 0 Å². The SMILES string of the molecule is CCCCOc1nc(N)c2nc(O)n(Cc3ccc(C(=O)NCCCOCCOCCOCCCNC(=O)CCCOc4ccc(/C=C/C(=O)NCC(=O)N[C@@H](C)C(=O)N[C@H](CCC(=O)OCC)C(=O)OCC)cc4OC)cc3)c2n1. The lowest BCUT2D eigenvalue weighted by Crippen LogP contribution is -2.52. The molecule has 2 heterocycles. The number of hydrogen-bond acceptors (Lipinski definition) is 20. The number of imidazole rings is 1. The van der Waals surface area contributed by atoms with E-state index in [2.05, 4.69) is 41.5 Å². The quantitative estimate of drug-likeness (QED) is 0.0191. The second kappa shape index (κ2) is 37.0. The molecule has 2 atom stereocenters. The molecule has 0 unspecified atom stereocenters. The first-order chi connectivity index (χ1) is 39.1. The van der Waals surface area contributed by atoms with Crippen LogP contribution in [-0.4, -0.2) is 171 Å². The number of benzene rings is 2. The number of fused-ring (bicyclic) bond motifs is 1. The average molecular weight is 1140 g/mol. The van der Waals surface area contributed by atoms with Gasteiger partial charge in [0, 0.05) is 50.8 Å². The number of nitrogens with one attached hydrogen (secondary N) is 5. The first kappa shape index (κ1) is 65.4. The Bertz CT molecular complexity index is 2670. The summed E-state index contributed by atoms with van der Waals surface area (Å²) in [6.07, 6.45) is 6.29. The zero-order valence-corrected chi connectivity index (χ0v) is 46.8. The number of aromatic hydroxyl groups is 1. The summed E-state index contributed by atoms with van der Waals surface area (Å²) in [6, 6.07) is 9.68. The Morgan fingerprint density at radius 3 is 2.07 bits per heavy atom. The fourth-order valence-corrected chi connectivity index (χ4v) is 7.32. The summed E-state index contributed by atoms with van der Waals surface area (Å²) in [7, 11) is 1.47. The van der Waals surface area contributed by atoms with Gasteiger partial charge in [-0.3, -0.25) is 33.3 Å². The zero-order chi connectivity index (χ0) is 58.8. The number of anilines is 1. The summed E-state index contributed by atoms with van der Waals surface area (Å²) in [5.41, 5.74) is 8.57. The molecule has 0 saturated carbocycles. The van der Waals surface area contributed by atoms with Gasteiger partial charge in [0.25, 0.3) is 11.9 Å². The van der Waals surface area contributed by atoms with Crippen molar-refractivity contribution in [3.8, 4) is 23.5 Å². The number of unbranched alkanes of at least 4 members (excludes halogenated alkanes) is 1. The minimum Gasteiger partial charge on any atom is -0.493 e. The van der Waals surface area contributed by atoms with E-state index in [-0.39, 0.29) is 80.8 Å². The smallest absolute Gasteiger partial charge is 0.328 e. The number of aromatic nitrogens is 4. The number of nitrogen functional groups attached to an aromatic ring is 1. The van der Waals surface area contributed by atoms with Crippen molar-refractivity contribution in [1.29, 1.82) is 0 Å². The van der Waals surface area contributed by atoms with Gasteiger partial charge in [0.2, 0.25) is 23.6 Å². The van der Waals surface area contributed by atoms with Crippen LogP contribution >= 0.6 is 0 Å². The van der Waals surface area contributed by atoms with Gasteiger partial charge in [-0.1, -0.05) is 31.5 Å². The molecule has 81 heavy (non-hydrogen) atoms. The van der Waals surface area contributed by atoms with Crippen LogP contribution < -0.4 is 46.5 Å². The van der Waals surface area contributed by atoms with Crippen LogP contribution in [0.4, 0.5) is 5.82 Å². The molecule has 0 saturated heterocycles. The van der Waals surface area contributed by atoms with Gasteiger partial charge in [0.05, 0.1) is 73.1 Å². The van der Waals surface area contributed by atoms with Crippen LogP contribution in [0.5, 0.6) is 23.5 Å². The maximum atomic E-state index is 12.7. The Morgan fingerprint density at radius 2 is 1.40 bits per heavy atom. The Morgan fingerprint density at radius 1 is 0.716 bits per heavy atom. The second-order valence-corrected chi connectivity index (χ2v) is 18.0. The predicted molar refractivity (Wildman–Crippen MR) is 296 cm³/mol. The van der Waals surface area contributed by atoms with E-state index < -0.39 is 48.3 Å². The van der Waals surface area contributed by atoms with Crippen molar-refractivity contribution in [3.05, 3.63) is 65.2 Å². The third kappa shape index (κ3) is 24.4. The Kier molecular flexibility index (Phi) is 29.8. The van der Waals surface area contributed by atoms with E-state index in [9.17, 15) is 38.7 Å². The molecular formula is C55H78N10O16. The molecule has 0 aliphatic rings. The Hall–Kier alpha value is -8.10. The summed E-state index contributed by atoms with van der Waals surface area (Å²) in [6.45, 7) is 10.8. The van der Waals surface area contributed by atoms with Crippen molar-refractivity contribution in [2.45, 2.75) is 97.7 Å². The van der Waals surface area contributed by atoms with Crippen molar-refractivity contribution in [2.75, 3.05) is 98.5 Å². The minimum absolute atomic E-state index is 0.0543. The first-order valence-corrected chi connectivity index (χ1v) is 27.1. The molecule has 0 radical (unpaired) electrons. The van der Waals surface area contributed by atoms with E-state index in [0.29, 0.717) is 107 Å². The van der Waals surface area contributed by atoms with E-state index >= 15 is 0 Å². The van der Waals surface area contributed by atoms with Crippen LogP contribution in [0.25, 0.3) is 17.2 Å². The first-order valence-electron chi connectivity index (χ1n) is 27.1. The molecule has 2 aromatic carbocycles. The summed E-state index contributed by atoms with van der Waals surface area (Å²) < 4.78 is 45.1. The predicted octanol–water partition coefficient (Wildman–Crippen LogP) is 2.91. The lowest BCUT2D eigenvalue weighted by molar-refractivity contribution is -0.149. The van der Waals surface area contributed by atoms with Crippen molar-refractivity contribution in [2.24, 2.45) is 0 Å². The standard InChI is InChI=1S/C55H78N10O16/c1-6-9-28-81-54-63-49(56)48-50(64-54)65(55(73)62-48)36-39-14-18-40(19-15-39)52(71)58-25-12-27-76-31-33-77-32-30-75-26-11-24-57-44(66)13-10-29-80-42-21-16-38(34-43(42)74-5)17-22-45(67)59-35-46(68)60-37(4)51(70)61-41(53(72)79-8-3)20-23-47(69)78-7-2/h14-19,21-22,34,37,41H,6-13,20,23-33,35-36H2,1-5H3,(H,57,66)(H,58,71)(H,59,67)(H,60,68)(H,61,70)(H,62,73)(H2,56,63,64)/b22-17+/t37-,41+/m0/s1. The molecule has 4 aromatic rings. The maximum absolute atomic E-state index is 12.7. The molecule has 0 aliphatic carbocycles. The van der Waals surface area contributed by atoms with Crippen molar-refractivity contribution in [1.82, 2.24) is 46.1 Å². The number of carbonyl (C=O) groups excluding carboxylic acids is 7. The summed E-state index contributed by atoms with van der Waals surface area (Å²) in [4.78, 5) is 99.5. The number of ether oxygens (including phenoxy) is 8. The third-order valence-electron chi connectivity index (χ3n) is 11.6. The summed E-state index contributed by atoms with van der Waals surface area (Å²) in [5, 5.41) is 23.7. The number of nitrogens with two attached hydrogens (primary N) is 1. The Labute approximate surface area is 470 Å². The van der Waals surface area contributed by atoms with Gasteiger partial charge in [-0.05, 0) is 94.3 Å². The number of nitrogens with zero attached hydrogens (tertiary/aromatic N) is 4. The van der Waals surface area contributed by atoms with E-state index in [0.717, 1.165) is 18.4 Å². The van der Waals surface area contributed by atoms with Crippen LogP contribution in [0, 0.1) is 0 Å². The van der Waals surface area contributed by atoms with Crippen LogP contribution in [0.3, 0.4) is 0 Å². The topological polar surface area (TPSA) is 343 Å². The molecule has 26 heteroatoms. The van der Waals surface area contributed by atoms with Crippen molar-refractivity contribution >= 4 is 64.5 Å². The fraction of sp³-hybridized carbons (Fsp3) is 0.527.